The van der Waals surface area contributed by atoms with E-state index in [4.69, 9.17) is 37.9 Å². The SMILES string of the molecule is C/C=C/c1cc(OC(C)C)c(OCCCOC)cc1C(=O)N(C(C)C)[C@@H]1CCCN(C(=O)OC(C)(C)C)C1.CCCc1cc(OC(C)C)c(OCCCOC)cc1C(=O)N(C(C)C)[C@@H]1CCCN(C(=O)OC(C)(C)C)C1. The van der Waals surface area contributed by atoms with Crippen LogP contribution in [0.25, 0.3) is 6.08 Å². The van der Waals surface area contributed by atoms with Crippen molar-refractivity contribution in [2.75, 3.05) is 66.8 Å². The zero-order valence-electron chi connectivity index (χ0n) is 49.9. The second-order valence-electron chi connectivity index (χ2n) is 22.9. The minimum atomic E-state index is -0.571. The predicted molar refractivity (Wildman–Crippen MR) is 301 cm³/mol. The highest BCUT2D eigenvalue weighted by Crippen LogP contribution is 2.37. The van der Waals surface area contributed by atoms with Crippen LogP contribution >= 0.6 is 0 Å². The van der Waals surface area contributed by atoms with Gasteiger partial charge in [-0.05, 0) is 171 Å². The molecule has 2 saturated heterocycles. The van der Waals surface area contributed by atoms with Crippen molar-refractivity contribution in [1.29, 1.82) is 0 Å². The summed E-state index contributed by atoms with van der Waals surface area (Å²) in [5.41, 5.74) is 1.76. The Kier molecular flexibility index (Phi) is 26.8. The van der Waals surface area contributed by atoms with Crippen molar-refractivity contribution < 1.29 is 57.1 Å². The van der Waals surface area contributed by atoms with Crippen LogP contribution in [0.3, 0.4) is 0 Å². The third-order valence-electron chi connectivity index (χ3n) is 12.3. The molecule has 0 aliphatic carbocycles. The van der Waals surface area contributed by atoms with E-state index in [2.05, 4.69) is 6.92 Å². The Morgan fingerprint density at radius 3 is 1.42 bits per heavy atom. The fraction of sp³-hybridized carbons (Fsp3) is 0.700. The number of methoxy groups -OCH3 is 2. The Labute approximate surface area is 457 Å². The van der Waals surface area contributed by atoms with Crippen LogP contribution in [-0.2, 0) is 25.4 Å². The third kappa shape index (κ3) is 21.0. The van der Waals surface area contributed by atoms with E-state index in [1.54, 1.807) is 30.1 Å². The van der Waals surface area contributed by atoms with E-state index in [-0.39, 0.29) is 60.4 Å². The molecule has 4 amide bonds. The maximum absolute atomic E-state index is 14.2. The Morgan fingerprint density at radius 1 is 0.618 bits per heavy atom. The lowest BCUT2D eigenvalue weighted by atomic mass is 9.97. The van der Waals surface area contributed by atoms with E-state index in [1.165, 1.54) is 0 Å². The summed E-state index contributed by atoms with van der Waals surface area (Å²) in [5, 5.41) is 0. The largest absolute Gasteiger partial charge is 0.490 e. The van der Waals surface area contributed by atoms with Crippen molar-refractivity contribution in [2.24, 2.45) is 0 Å². The van der Waals surface area contributed by atoms with Crippen molar-refractivity contribution in [3.63, 3.8) is 0 Å². The topological polar surface area (TPSA) is 155 Å². The molecule has 0 saturated carbocycles. The van der Waals surface area contributed by atoms with Crippen LogP contribution in [0.4, 0.5) is 9.59 Å². The summed E-state index contributed by atoms with van der Waals surface area (Å²) in [6, 6.07) is 7.16. The van der Waals surface area contributed by atoms with E-state index in [9.17, 15) is 19.2 Å². The van der Waals surface area contributed by atoms with E-state index in [0.29, 0.717) is 86.7 Å². The van der Waals surface area contributed by atoms with Crippen LogP contribution in [0.2, 0.25) is 0 Å². The molecule has 430 valence electrons. The Balaban J connectivity index is 0.000000400. The molecule has 0 unspecified atom stereocenters. The Hall–Kier alpha value is -5.22. The molecule has 16 heteroatoms. The van der Waals surface area contributed by atoms with Gasteiger partial charge < -0.3 is 57.5 Å². The average Bonchev–Trinajstić information content (AvgIpc) is 3.32. The molecule has 16 nitrogen and oxygen atoms in total. The number of hydrogen-bond donors (Lipinski definition) is 0. The zero-order chi connectivity index (χ0) is 56.9. The standard InChI is InChI=1S/C30H50N2O6.C30H48N2O6/c2*1-10-13-23-18-27(37-22(4)5)26(36-17-12-16-35-9)19-25(23)28(33)32(21(2)3)24-14-11-15-31(20-24)29(34)38-30(6,7)8/h18-19,21-22,24H,10-17,20H2,1-9H3;10,13,18-19,21-22,24H,11-12,14-17,20H2,1-9H3/b;13-10+/t2*24-/m11/s1. The molecular formula is C60H98N4O12. The summed E-state index contributed by atoms with van der Waals surface area (Å²) in [6.07, 6.45) is 9.46. The van der Waals surface area contributed by atoms with Gasteiger partial charge in [0.15, 0.2) is 23.0 Å². The van der Waals surface area contributed by atoms with E-state index >= 15 is 0 Å². The second-order valence-corrected chi connectivity index (χ2v) is 22.9. The number of benzene rings is 2. The summed E-state index contributed by atoms with van der Waals surface area (Å²) >= 11 is 0. The highest BCUT2D eigenvalue weighted by Gasteiger charge is 2.37. The number of allylic oxidation sites excluding steroid dienone is 1. The van der Waals surface area contributed by atoms with E-state index < -0.39 is 11.2 Å². The lowest BCUT2D eigenvalue weighted by Crippen LogP contribution is -2.54. The summed E-state index contributed by atoms with van der Waals surface area (Å²) in [4.78, 5) is 61.3. The van der Waals surface area contributed by atoms with Gasteiger partial charge in [-0.15, -0.1) is 0 Å². The minimum absolute atomic E-state index is 0.0272. The molecule has 2 aliphatic heterocycles. The van der Waals surface area contributed by atoms with Crippen LogP contribution in [-0.4, -0.2) is 158 Å². The van der Waals surface area contributed by atoms with Gasteiger partial charge in [-0.1, -0.05) is 25.5 Å². The number of ether oxygens (including phenoxy) is 8. The summed E-state index contributed by atoms with van der Waals surface area (Å²) in [5.74, 6) is 2.23. The molecule has 2 atom stereocenters. The maximum atomic E-state index is 14.2. The van der Waals surface area contributed by atoms with Crippen LogP contribution in [0.15, 0.2) is 30.3 Å². The molecule has 0 spiro atoms. The smallest absolute Gasteiger partial charge is 0.410 e. The number of nitrogens with zero attached hydrogens (tertiary/aromatic N) is 4. The van der Waals surface area contributed by atoms with Gasteiger partial charge in [0.25, 0.3) is 11.8 Å². The molecule has 0 bridgehead atoms. The highest BCUT2D eigenvalue weighted by molar-refractivity contribution is 5.99. The Bertz CT molecular complexity index is 2160. The molecule has 2 fully saturated rings. The molecule has 2 heterocycles. The van der Waals surface area contributed by atoms with Crippen molar-refractivity contribution in [3.05, 3.63) is 52.6 Å². The molecule has 0 aromatic heterocycles. The molecule has 2 aromatic rings. The summed E-state index contributed by atoms with van der Waals surface area (Å²) < 4.78 is 45.9. The van der Waals surface area contributed by atoms with E-state index in [0.717, 1.165) is 62.5 Å². The number of carbonyl (C=O) groups excluding carboxylic acids is 4. The van der Waals surface area contributed by atoms with Crippen molar-refractivity contribution in [2.45, 2.75) is 210 Å². The number of hydrogen-bond acceptors (Lipinski definition) is 12. The molecule has 0 radical (unpaired) electrons. The van der Waals surface area contributed by atoms with Gasteiger partial charge in [-0.25, -0.2) is 9.59 Å². The van der Waals surface area contributed by atoms with Gasteiger partial charge in [0.05, 0.1) is 43.1 Å². The van der Waals surface area contributed by atoms with Crippen molar-refractivity contribution in [1.82, 2.24) is 19.6 Å². The number of carbonyl (C=O) groups is 4. The fourth-order valence-corrected chi connectivity index (χ4v) is 9.31. The number of piperidine rings is 2. The average molecular weight is 1070 g/mol. The van der Waals surface area contributed by atoms with Gasteiger partial charge in [-0.3, -0.25) is 9.59 Å². The molecule has 76 heavy (non-hydrogen) atoms. The van der Waals surface area contributed by atoms with Gasteiger partial charge >= 0.3 is 12.2 Å². The number of aryl methyl sites for hydroxylation is 1. The Morgan fingerprint density at radius 2 is 1.04 bits per heavy atom. The first-order valence-electron chi connectivity index (χ1n) is 27.9. The van der Waals surface area contributed by atoms with Crippen LogP contribution in [0.1, 0.15) is 188 Å². The minimum Gasteiger partial charge on any atom is -0.490 e. The lowest BCUT2D eigenvalue weighted by molar-refractivity contribution is 0.00723. The highest BCUT2D eigenvalue weighted by atomic mass is 16.6. The summed E-state index contributed by atoms with van der Waals surface area (Å²) in [6.45, 7) is 35.4. The van der Waals surface area contributed by atoms with Crippen LogP contribution < -0.4 is 18.9 Å². The van der Waals surface area contributed by atoms with Crippen molar-refractivity contribution >= 4 is 30.1 Å². The predicted octanol–water partition coefficient (Wildman–Crippen LogP) is 12.3. The quantitative estimate of drug-likeness (QED) is 0.0973. The first kappa shape index (κ1) is 65.1. The zero-order valence-corrected chi connectivity index (χ0v) is 49.9. The van der Waals surface area contributed by atoms with Crippen LogP contribution in [0.5, 0.6) is 23.0 Å². The third-order valence-corrected chi connectivity index (χ3v) is 12.3. The molecular weight excluding hydrogens is 969 g/mol. The molecule has 2 aliphatic rings. The van der Waals surface area contributed by atoms with Crippen LogP contribution in [0, 0.1) is 0 Å². The second kappa shape index (κ2) is 31.2. The van der Waals surface area contributed by atoms with Crippen molar-refractivity contribution in [3.8, 4) is 23.0 Å². The van der Waals surface area contributed by atoms with Gasteiger partial charge in [0, 0.05) is 84.1 Å². The normalized spacial score (nSPS) is 16.2. The molecule has 4 rings (SSSR count). The first-order chi connectivity index (χ1) is 35.7. The number of amides is 4. The maximum Gasteiger partial charge on any atom is 0.410 e. The van der Waals surface area contributed by atoms with Gasteiger partial charge in [0.2, 0.25) is 0 Å². The fourth-order valence-electron chi connectivity index (χ4n) is 9.31. The monoisotopic (exact) mass is 1070 g/mol. The summed E-state index contributed by atoms with van der Waals surface area (Å²) in [7, 11) is 3.32. The molecule has 0 N–H and O–H groups in total. The lowest BCUT2D eigenvalue weighted by Gasteiger charge is -2.42. The van der Waals surface area contributed by atoms with E-state index in [1.807, 2.05) is 144 Å². The van der Waals surface area contributed by atoms with Gasteiger partial charge in [0.1, 0.15) is 11.2 Å². The number of likely N-dealkylation sites (tertiary alicyclic amines) is 2. The van der Waals surface area contributed by atoms with Gasteiger partial charge in [-0.2, -0.15) is 0 Å². The first-order valence-corrected chi connectivity index (χ1v) is 27.9. The molecule has 2 aromatic carbocycles. The number of rotatable bonds is 23.